The molecule has 0 aliphatic rings. The Morgan fingerprint density at radius 3 is 2.61 bits per heavy atom. The number of nitro groups is 1. The lowest BCUT2D eigenvalue weighted by Gasteiger charge is -2.06. The first-order valence-electron chi connectivity index (χ1n) is 7.39. The van der Waals surface area contributed by atoms with Gasteiger partial charge >= 0.3 is 0 Å². The number of nitrogens with zero attached hydrogens (tertiary/aromatic N) is 1. The summed E-state index contributed by atoms with van der Waals surface area (Å²) in [6.07, 6.45) is 2.35. The summed E-state index contributed by atoms with van der Waals surface area (Å²) in [5.74, 6) is 0.718. The number of hydrogen-bond donors (Lipinski definition) is 1. The van der Waals surface area contributed by atoms with E-state index in [-0.39, 0.29) is 17.2 Å². The number of carbonyl (C=O) groups excluding carboxylic acids is 1. The fraction of sp³-hybridized carbons (Fsp3) is 0.235. The van der Waals surface area contributed by atoms with E-state index in [1.807, 2.05) is 24.3 Å². The zero-order chi connectivity index (χ0) is 16.7. The molecule has 0 spiro atoms. The van der Waals surface area contributed by atoms with E-state index in [1.54, 1.807) is 17.8 Å². The molecule has 0 aliphatic heterocycles. The molecule has 5 nitrogen and oxygen atoms in total. The molecule has 0 unspecified atom stereocenters. The van der Waals surface area contributed by atoms with Crippen molar-refractivity contribution in [3.8, 4) is 0 Å². The second kappa shape index (κ2) is 8.33. The molecular formula is C17H18N2O3S. The second-order valence-electron chi connectivity index (χ2n) is 4.99. The lowest BCUT2D eigenvalue weighted by molar-refractivity contribution is -0.384. The van der Waals surface area contributed by atoms with Crippen LogP contribution in [-0.4, -0.2) is 16.6 Å². The zero-order valence-electron chi connectivity index (χ0n) is 12.8. The molecule has 0 fully saturated rings. The molecule has 120 valence electrons. The number of rotatable bonds is 7. The predicted octanol–water partition coefficient (Wildman–Crippen LogP) is 4.74. The SMILES string of the molecule is CCCCSc1ccc(NC(=O)c2cccc([N+](=O)[O-])c2)cc1. The molecule has 23 heavy (non-hydrogen) atoms. The summed E-state index contributed by atoms with van der Waals surface area (Å²) in [6, 6.07) is 13.3. The van der Waals surface area contributed by atoms with Gasteiger partial charge in [0.1, 0.15) is 0 Å². The van der Waals surface area contributed by atoms with E-state index in [9.17, 15) is 14.9 Å². The van der Waals surface area contributed by atoms with Crippen LogP contribution in [-0.2, 0) is 0 Å². The Morgan fingerprint density at radius 2 is 1.96 bits per heavy atom. The quantitative estimate of drug-likeness (QED) is 0.344. The maximum absolute atomic E-state index is 12.1. The Balaban J connectivity index is 2.00. The van der Waals surface area contributed by atoms with Crippen molar-refractivity contribution in [2.45, 2.75) is 24.7 Å². The lowest BCUT2D eigenvalue weighted by atomic mass is 10.2. The van der Waals surface area contributed by atoms with Gasteiger partial charge in [-0.1, -0.05) is 19.4 Å². The molecule has 0 aromatic heterocycles. The van der Waals surface area contributed by atoms with Crippen LogP contribution in [0.15, 0.2) is 53.4 Å². The number of nitrogens with one attached hydrogen (secondary N) is 1. The van der Waals surface area contributed by atoms with Crippen LogP contribution in [0.2, 0.25) is 0 Å². The highest BCUT2D eigenvalue weighted by Crippen LogP contribution is 2.22. The molecule has 6 heteroatoms. The second-order valence-corrected chi connectivity index (χ2v) is 6.16. The van der Waals surface area contributed by atoms with Crippen LogP contribution in [0, 0.1) is 10.1 Å². The fourth-order valence-corrected chi connectivity index (χ4v) is 2.93. The van der Waals surface area contributed by atoms with Gasteiger partial charge in [0.05, 0.1) is 4.92 Å². The minimum absolute atomic E-state index is 0.0969. The van der Waals surface area contributed by atoms with Gasteiger partial charge in [-0.3, -0.25) is 14.9 Å². The van der Waals surface area contributed by atoms with Crippen molar-refractivity contribution in [3.05, 3.63) is 64.2 Å². The molecule has 0 bridgehead atoms. The number of hydrogen-bond acceptors (Lipinski definition) is 4. The molecule has 2 aromatic rings. The van der Waals surface area contributed by atoms with Crippen LogP contribution in [0.3, 0.4) is 0 Å². The van der Waals surface area contributed by atoms with Crippen LogP contribution >= 0.6 is 11.8 Å². The number of amides is 1. The number of thioether (sulfide) groups is 1. The largest absolute Gasteiger partial charge is 0.322 e. The summed E-state index contributed by atoms with van der Waals surface area (Å²) >= 11 is 1.79. The van der Waals surface area contributed by atoms with Gasteiger partial charge in [-0.25, -0.2) is 0 Å². The highest BCUT2D eigenvalue weighted by Gasteiger charge is 2.11. The van der Waals surface area contributed by atoms with Gasteiger partial charge in [0.15, 0.2) is 0 Å². The first kappa shape index (κ1) is 17.0. The highest BCUT2D eigenvalue weighted by molar-refractivity contribution is 7.99. The van der Waals surface area contributed by atoms with Crippen molar-refractivity contribution in [1.29, 1.82) is 0 Å². The van der Waals surface area contributed by atoms with Crippen molar-refractivity contribution in [2.24, 2.45) is 0 Å². The Kier molecular flexibility index (Phi) is 6.17. The molecular weight excluding hydrogens is 312 g/mol. The number of carbonyl (C=O) groups is 1. The van der Waals surface area contributed by atoms with Gasteiger partial charge in [0.2, 0.25) is 0 Å². The summed E-state index contributed by atoms with van der Waals surface area (Å²) in [4.78, 5) is 23.5. The average Bonchev–Trinajstić information content (AvgIpc) is 2.56. The smallest absolute Gasteiger partial charge is 0.270 e. The van der Waals surface area contributed by atoms with E-state index in [0.29, 0.717) is 5.69 Å². The maximum atomic E-state index is 12.1. The van der Waals surface area contributed by atoms with E-state index in [2.05, 4.69) is 12.2 Å². The molecule has 0 aliphatic carbocycles. The van der Waals surface area contributed by atoms with Gasteiger partial charge in [-0.2, -0.15) is 0 Å². The molecule has 1 N–H and O–H groups in total. The number of nitro benzene ring substituents is 1. The molecule has 1 amide bonds. The minimum atomic E-state index is -0.515. The van der Waals surface area contributed by atoms with Gasteiger partial charge in [0, 0.05) is 28.3 Å². The van der Waals surface area contributed by atoms with E-state index >= 15 is 0 Å². The van der Waals surface area contributed by atoms with E-state index in [1.165, 1.54) is 31.0 Å². The monoisotopic (exact) mass is 330 g/mol. The Morgan fingerprint density at radius 1 is 1.22 bits per heavy atom. The van der Waals surface area contributed by atoms with Gasteiger partial charge < -0.3 is 5.32 Å². The molecule has 2 rings (SSSR count). The molecule has 0 saturated carbocycles. The third-order valence-electron chi connectivity index (χ3n) is 3.20. The van der Waals surface area contributed by atoms with E-state index in [0.717, 1.165) is 10.6 Å². The number of unbranched alkanes of at least 4 members (excludes halogenated alkanes) is 1. The van der Waals surface area contributed by atoms with Crippen LogP contribution in [0.4, 0.5) is 11.4 Å². The van der Waals surface area contributed by atoms with E-state index < -0.39 is 4.92 Å². The topological polar surface area (TPSA) is 72.2 Å². The maximum Gasteiger partial charge on any atom is 0.270 e. The first-order chi connectivity index (χ1) is 11.1. The summed E-state index contributed by atoms with van der Waals surface area (Å²) < 4.78 is 0. The Labute approximate surface area is 139 Å². The van der Waals surface area contributed by atoms with E-state index in [4.69, 9.17) is 0 Å². The van der Waals surface area contributed by atoms with Crippen molar-refractivity contribution >= 4 is 29.0 Å². The van der Waals surface area contributed by atoms with Gasteiger partial charge in [-0.15, -0.1) is 11.8 Å². The molecule has 0 radical (unpaired) electrons. The number of non-ortho nitro benzene ring substituents is 1. The Hall–Kier alpha value is -2.34. The average molecular weight is 330 g/mol. The van der Waals surface area contributed by atoms with Crippen molar-refractivity contribution in [3.63, 3.8) is 0 Å². The fourth-order valence-electron chi connectivity index (χ4n) is 1.93. The molecule has 0 saturated heterocycles. The molecule has 2 aromatic carbocycles. The predicted molar refractivity (Wildman–Crippen MR) is 93.1 cm³/mol. The first-order valence-corrected chi connectivity index (χ1v) is 8.37. The standard InChI is InChI=1S/C17H18N2O3S/c1-2-3-11-23-16-9-7-14(8-10-16)18-17(20)13-5-4-6-15(12-13)19(21)22/h4-10,12H,2-3,11H2,1H3,(H,18,20). The molecule has 0 atom stereocenters. The summed E-state index contributed by atoms with van der Waals surface area (Å²) in [7, 11) is 0. The summed E-state index contributed by atoms with van der Waals surface area (Å²) in [5.41, 5.74) is 0.835. The lowest BCUT2D eigenvalue weighted by Crippen LogP contribution is -2.11. The minimum Gasteiger partial charge on any atom is -0.322 e. The van der Waals surface area contributed by atoms with Crippen molar-refractivity contribution in [2.75, 3.05) is 11.1 Å². The Bertz CT molecular complexity index is 686. The zero-order valence-corrected chi connectivity index (χ0v) is 13.6. The van der Waals surface area contributed by atoms with Gasteiger partial charge in [0.25, 0.3) is 11.6 Å². The van der Waals surface area contributed by atoms with Gasteiger partial charge in [-0.05, 0) is 42.5 Å². The normalized spacial score (nSPS) is 10.3. The van der Waals surface area contributed by atoms with Crippen molar-refractivity contribution < 1.29 is 9.72 Å². The third-order valence-corrected chi connectivity index (χ3v) is 4.30. The van der Waals surface area contributed by atoms with Crippen LogP contribution in [0.25, 0.3) is 0 Å². The van der Waals surface area contributed by atoms with Crippen LogP contribution in [0.5, 0.6) is 0 Å². The van der Waals surface area contributed by atoms with Crippen LogP contribution in [0.1, 0.15) is 30.1 Å². The highest BCUT2D eigenvalue weighted by atomic mass is 32.2. The van der Waals surface area contributed by atoms with Crippen molar-refractivity contribution in [1.82, 2.24) is 0 Å². The summed E-state index contributed by atoms with van der Waals surface area (Å²) in [6.45, 7) is 2.16. The molecule has 0 heterocycles. The summed E-state index contributed by atoms with van der Waals surface area (Å²) in [5, 5.41) is 13.5. The number of benzene rings is 2. The third kappa shape index (κ3) is 5.10. The van der Waals surface area contributed by atoms with Crippen LogP contribution < -0.4 is 5.32 Å². The number of anilines is 1.